The van der Waals surface area contributed by atoms with Crippen LogP contribution in [0.25, 0.3) is 0 Å². The molecule has 1 saturated heterocycles. The van der Waals surface area contributed by atoms with Gasteiger partial charge in [0.05, 0.1) is 0 Å². The number of amides is 2. The van der Waals surface area contributed by atoms with E-state index in [4.69, 9.17) is 10.2 Å². The van der Waals surface area contributed by atoms with E-state index in [1.807, 2.05) is 0 Å². The number of carbonyl (C=O) groups excluding carboxylic acids is 2. The van der Waals surface area contributed by atoms with Crippen LogP contribution in [0.4, 0.5) is 0 Å². The summed E-state index contributed by atoms with van der Waals surface area (Å²) < 4.78 is 34.4. The lowest BCUT2D eigenvalue weighted by molar-refractivity contribution is -0.133. The third-order valence-electron chi connectivity index (χ3n) is 5.58. The fourth-order valence-corrected chi connectivity index (χ4v) is 5.19. The maximum Gasteiger partial charge on any atom is 0.346 e. The van der Waals surface area contributed by atoms with E-state index in [1.165, 1.54) is 26.0 Å². The van der Waals surface area contributed by atoms with Crippen LogP contribution in [0.2, 0.25) is 0 Å². The molecule has 13 heteroatoms. The van der Waals surface area contributed by atoms with Crippen molar-refractivity contribution in [1.82, 2.24) is 23.6 Å². The molecule has 2 aliphatic heterocycles. The van der Waals surface area contributed by atoms with Crippen molar-refractivity contribution < 1.29 is 22.4 Å². The van der Waals surface area contributed by atoms with Crippen LogP contribution in [-0.4, -0.2) is 70.0 Å². The van der Waals surface area contributed by atoms with Gasteiger partial charge in [-0.25, -0.2) is 17.9 Å². The zero-order valence-corrected chi connectivity index (χ0v) is 17.7. The molecule has 4 rings (SSSR count). The molecule has 168 valence electrons. The number of nitrogens with zero attached hydrogens (tertiary/aromatic N) is 5. The minimum Gasteiger partial charge on any atom is -0.438 e. The Morgan fingerprint density at radius 1 is 1.06 bits per heavy atom. The number of hydrogen-bond acceptors (Lipinski definition) is 7. The number of sulfonamides is 1. The van der Waals surface area contributed by atoms with Gasteiger partial charge in [0.25, 0.3) is 15.9 Å². The molecule has 1 fully saturated rings. The molecule has 12 nitrogen and oxygen atoms in total. The smallest absolute Gasteiger partial charge is 0.346 e. The molecule has 0 radical (unpaired) electrons. The Kier molecular flexibility index (Phi) is 5.71. The number of rotatable bonds is 5. The topological polar surface area (TPSA) is 154 Å². The summed E-state index contributed by atoms with van der Waals surface area (Å²) in [4.78, 5) is 37.9. The lowest BCUT2D eigenvalue weighted by Crippen LogP contribution is -2.51. The van der Waals surface area contributed by atoms with Gasteiger partial charge in [0.1, 0.15) is 12.4 Å². The van der Waals surface area contributed by atoms with Gasteiger partial charge in [-0.1, -0.05) is 6.42 Å². The lowest BCUT2D eigenvalue weighted by atomic mass is 10.2. The van der Waals surface area contributed by atoms with Crippen LogP contribution in [0.5, 0.6) is 0 Å². The van der Waals surface area contributed by atoms with Crippen molar-refractivity contribution in [1.29, 1.82) is 0 Å². The average molecular weight is 452 g/mol. The van der Waals surface area contributed by atoms with Crippen molar-refractivity contribution in [3.8, 4) is 0 Å². The van der Waals surface area contributed by atoms with Crippen molar-refractivity contribution >= 4 is 21.8 Å². The van der Waals surface area contributed by atoms with Crippen LogP contribution in [0, 0.1) is 0 Å². The van der Waals surface area contributed by atoms with E-state index in [0.717, 1.165) is 25.7 Å². The first-order valence-electron chi connectivity index (χ1n) is 10.1. The molecule has 2 N–H and O–H groups in total. The highest BCUT2D eigenvalue weighted by Crippen LogP contribution is 2.20. The van der Waals surface area contributed by atoms with Crippen molar-refractivity contribution in [3.05, 3.63) is 34.2 Å². The second kappa shape index (κ2) is 8.30. The third kappa shape index (κ3) is 4.14. The maximum absolute atomic E-state index is 12.7. The number of piperazine rings is 1. The first-order valence-corrected chi connectivity index (χ1v) is 11.6. The Bertz CT molecular complexity index is 1150. The monoisotopic (exact) mass is 452 g/mol. The van der Waals surface area contributed by atoms with Gasteiger partial charge in [-0.05, 0) is 25.0 Å². The number of nitrogens with two attached hydrogens (primary N) is 1. The Hall–Kier alpha value is -2.93. The highest BCUT2D eigenvalue weighted by atomic mass is 32.2. The normalized spacial score (nSPS) is 17.9. The zero-order chi connectivity index (χ0) is 22.2. The van der Waals surface area contributed by atoms with E-state index in [-0.39, 0.29) is 55.2 Å². The fraction of sp³-hybridized carbons (Fsp3) is 0.556. The number of hydrogen-bond donors (Lipinski definition) is 1. The molecule has 31 heavy (non-hydrogen) atoms. The van der Waals surface area contributed by atoms with Crippen LogP contribution in [-0.2, 0) is 34.3 Å². The summed E-state index contributed by atoms with van der Waals surface area (Å²) in [7, 11) is -3.94. The molecular weight excluding hydrogens is 428 g/mol. The SMILES string of the molecule is NC(=O)c1ccc(S(=O)(=O)N2CCN(C(=O)Cn3nc4n(c3=O)CCCCC4)CC2)o1. The average Bonchev–Trinajstić information content (AvgIpc) is 3.28. The standard InChI is InChI=1S/C18H24N6O6S/c19-17(26)13-5-6-16(30-13)31(28,29)22-10-8-21(9-11-22)15(25)12-24-18(27)23-7-3-1-2-4-14(23)20-24/h5-6H,1-4,7-12H2,(H2,19,26). The fourth-order valence-electron chi connectivity index (χ4n) is 3.85. The van der Waals surface area contributed by atoms with Crippen molar-refractivity contribution in [3.63, 3.8) is 0 Å². The minimum atomic E-state index is -3.94. The number of carbonyl (C=O) groups is 2. The Labute approximate surface area is 178 Å². The molecule has 0 bridgehead atoms. The molecule has 2 aliphatic rings. The number of aromatic nitrogens is 3. The lowest BCUT2D eigenvalue weighted by Gasteiger charge is -2.33. The summed E-state index contributed by atoms with van der Waals surface area (Å²) in [5.74, 6) is -0.679. The van der Waals surface area contributed by atoms with Crippen LogP contribution >= 0.6 is 0 Å². The summed E-state index contributed by atoms with van der Waals surface area (Å²) in [6.45, 7) is 0.910. The number of furan rings is 1. The molecule has 0 spiro atoms. The van der Waals surface area contributed by atoms with Crippen molar-refractivity contribution in [2.75, 3.05) is 26.2 Å². The quantitative estimate of drug-likeness (QED) is 0.610. The summed E-state index contributed by atoms with van der Waals surface area (Å²) in [5, 5.41) is 3.95. The minimum absolute atomic E-state index is 0.0647. The van der Waals surface area contributed by atoms with Crippen LogP contribution in [0.1, 0.15) is 35.6 Å². The Balaban J connectivity index is 1.39. The van der Waals surface area contributed by atoms with Gasteiger partial charge in [-0.2, -0.15) is 9.40 Å². The molecule has 2 aromatic rings. The second-order valence-corrected chi connectivity index (χ2v) is 9.46. The van der Waals surface area contributed by atoms with E-state index in [0.29, 0.717) is 12.4 Å². The number of primary amides is 1. The maximum atomic E-state index is 12.7. The molecule has 0 saturated carbocycles. The van der Waals surface area contributed by atoms with Crippen LogP contribution < -0.4 is 11.4 Å². The molecular formula is C18H24N6O6S. The Morgan fingerprint density at radius 2 is 1.81 bits per heavy atom. The van der Waals surface area contributed by atoms with Gasteiger partial charge >= 0.3 is 5.69 Å². The molecule has 0 atom stereocenters. The second-order valence-electron chi connectivity index (χ2n) is 7.59. The van der Waals surface area contributed by atoms with Gasteiger partial charge in [-0.15, -0.1) is 0 Å². The van der Waals surface area contributed by atoms with Gasteiger partial charge in [0.15, 0.2) is 5.76 Å². The van der Waals surface area contributed by atoms with Gasteiger partial charge in [-0.3, -0.25) is 14.2 Å². The van der Waals surface area contributed by atoms with E-state index in [2.05, 4.69) is 5.10 Å². The molecule has 2 aromatic heterocycles. The summed E-state index contributed by atoms with van der Waals surface area (Å²) >= 11 is 0. The number of fused-ring (bicyclic) bond motifs is 1. The predicted octanol–water partition coefficient (Wildman–Crippen LogP) is -1.00. The van der Waals surface area contributed by atoms with Crippen LogP contribution in [0.15, 0.2) is 26.4 Å². The predicted molar refractivity (Wildman–Crippen MR) is 107 cm³/mol. The first kappa shape index (κ1) is 21.3. The van der Waals surface area contributed by atoms with E-state index >= 15 is 0 Å². The largest absolute Gasteiger partial charge is 0.438 e. The number of aryl methyl sites for hydroxylation is 1. The zero-order valence-electron chi connectivity index (χ0n) is 16.9. The van der Waals surface area contributed by atoms with Crippen molar-refractivity contribution in [2.24, 2.45) is 5.73 Å². The van der Waals surface area contributed by atoms with E-state index in [1.54, 1.807) is 4.57 Å². The molecule has 0 aliphatic carbocycles. The molecule has 2 amide bonds. The third-order valence-corrected chi connectivity index (χ3v) is 7.35. The van der Waals surface area contributed by atoms with Gasteiger partial charge in [0.2, 0.25) is 11.0 Å². The van der Waals surface area contributed by atoms with Gasteiger partial charge in [0, 0.05) is 39.1 Å². The van der Waals surface area contributed by atoms with E-state index in [9.17, 15) is 22.8 Å². The molecule has 4 heterocycles. The first-order chi connectivity index (χ1) is 14.8. The summed E-state index contributed by atoms with van der Waals surface area (Å²) in [6.07, 6.45) is 3.66. The molecule has 0 aromatic carbocycles. The highest BCUT2D eigenvalue weighted by Gasteiger charge is 2.33. The van der Waals surface area contributed by atoms with Crippen LogP contribution in [0.3, 0.4) is 0 Å². The summed E-state index contributed by atoms with van der Waals surface area (Å²) in [5.41, 5.74) is 4.82. The van der Waals surface area contributed by atoms with Gasteiger partial charge < -0.3 is 15.1 Å². The summed E-state index contributed by atoms with van der Waals surface area (Å²) in [6, 6.07) is 2.39. The Morgan fingerprint density at radius 3 is 2.48 bits per heavy atom. The van der Waals surface area contributed by atoms with E-state index < -0.39 is 15.9 Å². The van der Waals surface area contributed by atoms with Crippen molar-refractivity contribution in [2.45, 2.75) is 43.9 Å². The highest BCUT2D eigenvalue weighted by molar-refractivity contribution is 7.89. The molecule has 0 unspecified atom stereocenters.